The SMILES string of the molecule is Cl.O=C(O)CCc1ccc(C2NC(=O)N(CCC3CCNCC3)C2=O)cc1. The topological polar surface area (TPSA) is 98.7 Å². The van der Waals surface area contributed by atoms with Gasteiger partial charge in [0.1, 0.15) is 6.04 Å². The van der Waals surface area contributed by atoms with Crippen molar-refractivity contribution < 1.29 is 19.5 Å². The third-order valence-electron chi connectivity index (χ3n) is 5.19. The van der Waals surface area contributed by atoms with E-state index in [2.05, 4.69) is 10.6 Å². The third-order valence-corrected chi connectivity index (χ3v) is 5.19. The molecule has 3 rings (SSSR count). The fourth-order valence-electron chi connectivity index (χ4n) is 3.57. The molecular formula is C19H26ClN3O4. The number of hydrogen-bond donors (Lipinski definition) is 3. The number of halogens is 1. The molecule has 1 unspecified atom stereocenters. The van der Waals surface area contributed by atoms with Crippen LogP contribution in [0.1, 0.15) is 42.9 Å². The number of carboxylic acid groups (broad SMARTS) is 1. The molecule has 148 valence electrons. The van der Waals surface area contributed by atoms with Crippen LogP contribution in [0.2, 0.25) is 0 Å². The third kappa shape index (κ3) is 5.43. The molecule has 7 nitrogen and oxygen atoms in total. The Balaban J connectivity index is 0.00000261. The average Bonchev–Trinajstić information content (AvgIpc) is 2.93. The zero-order valence-electron chi connectivity index (χ0n) is 15.1. The molecule has 0 saturated carbocycles. The Hall–Kier alpha value is -2.12. The van der Waals surface area contributed by atoms with Gasteiger partial charge in [-0.1, -0.05) is 24.3 Å². The standard InChI is InChI=1S/C19H25N3O4.ClH/c23-16(24)6-3-13-1-4-15(5-2-13)17-18(25)22(19(26)21-17)12-9-14-7-10-20-11-8-14;/h1-2,4-5,14,17,20H,3,6-12H2,(H,21,26)(H,23,24);1H. The largest absolute Gasteiger partial charge is 0.481 e. The predicted octanol–water partition coefficient (Wildman–Crippen LogP) is 2.11. The second kappa shape index (κ2) is 9.71. The summed E-state index contributed by atoms with van der Waals surface area (Å²) in [5, 5.41) is 14.8. The summed E-state index contributed by atoms with van der Waals surface area (Å²) in [7, 11) is 0. The van der Waals surface area contributed by atoms with Gasteiger partial charge in [-0.3, -0.25) is 14.5 Å². The molecule has 1 aromatic rings. The highest BCUT2D eigenvalue weighted by Crippen LogP contribution is 2.24. The number of imide groups is 1. The van der Waals surface area contributed by atoms with E-state index in [-0.39, 0.29) is 30.8 Å². The van der Waals surface area contributed by atoms with Gasteiger partial charge in [-0.25, -0.2) is 4.79 Å². The van der Waals surface area contributed by atoms with E-state index in [0.717, 1.165) is 43.5 Å². The van der Waals surface area contributed by atoms with E-state index in [1.54, 1.807) is 12.1 Å². The van der Waals surface area contributed by atoms with E-state index >= 15 is 0 Å². The van der Waals surface area contributed by atoms with Crippen LogP contribution < -0.4 is 10.6 Å². The lowest BCUT2D eigenvalue weighted by atomic mass is 9.94. The van der Waals surface area contributed by atoms with Crippen LogP contribution in [0.5, 0.6) is 0 Å². The van der Waals surface area contributed by atoms with Gasteiger partial charge in [-0.15, -0.1) is 12.4 Å². The molecule has 2 fully saturated rings. The lowest BCUT2D eigenvalue weighted by Gasteiger charge is -2.24. The highest BCUT2D eigenvalue weighted by molar-refractivity contribution is 6.04. The van der Waals surface area contributed by atoms with Crippen molar-refractivity contribution in [2.45, 2.75) is 38.1 Å². The molecule has 3 N–H and O–H groups in total. The molecule has 2 aliphatic rings. The van der Waals surface area contributed by atoms with Crippen LogP contribution in [-0.2, 0) is 16.0 Å². The highest BCUT2D eigenvalue weighted by atomic mass is 35.5. The minimum absolute atomic E-state index is 0. The normalized spacial score (nSPS) is 20.3. The maximum Gasteiger partial charge on any atom is 0.325 e. The van der Waals surface area contributed by atoms with Crippen molar-refractivity contribution in [2.75, 3.05) is 19.6 Å². The molecule has 2 aliphatic heterocycles. The van der Waals surface area contributed by atoms with Crippen LogP contribution in [0.25, 0.3) is 0 Å². The lowest BCUT2D eigenvalue weighted by molar-refractivity contribution is -0.137. The number of nitrogens with zero attached hydrogens (tertiary/aromatic N) is 1. The number of carbonyl (C=O) groups is 3. The molecular weight excluding hydrogens is 370 g/mol. The summed E-state index contributed by atoms with van der Waals surface area (Å²) in [4.78, 5) is 36.8. The first kappa shape index (κ1) is 21.2. The first-order valence-corrected chi connectivity index (χ1v) is 9.18. The Bertz CT molecular complexity index is 674. The van der Waals surface area contributed by atoms with Gasteiger partial charge in [0.2, 0.25) is 0 Å². The van der Waals surface area contributed by atoms with Gasteiger partial charge in [-0.2, -0.15) is 0 Å². The maximum absolute atomic E-state index is 12.6. The number of carbonyl (C=O) groups excluding carboxylic acids is 2. The van der Waals surface area contributed by atoms with Crippen molar-refractivity contribution in [3.8, 4) is 0 Å². The second-order valence-electron chi connectivity index (χ2n) is 6.99. The number of aryl methyl sites for hydroxylation is 1. The number of carboxylic acids is 1. The Labute approximate surface area is 164 Å². The van der Waals surface area contributed by atoms with Crippen LogP contribution in [0, 0.1) is 5.92 Å². The van der Waals surface area contributed by atoms with Crippen molar-refractivity contribution in [1.29, 1.82) is 0 Å². The number of aliphatic carboxylic acids is 1. The number of nitrogens with one attached hydrogen (secondary N) is 2. The van der Waals surface area contributed by atoms with Gasteiger partial charge in [0.05, 0.1) is 0 Å². The lowest BCUT2D eigenvalue weighted by Crippen LogP contribution is -2.35. The van der Waals surface area contributed by atoms with Crippen molar-refractivity contribution in [3.05, 3.63) is 35.4 Å². The number of amides is 3. The molecule has 0 bridgehead atoms. The van der Waals surface area contributed by atoms with E-state index in [4.69, 9.17) is 5.11 Å². The van der Waals surface area contributed by atoms with Gasteiger partial charge >= 0.3 is 12.0 Å². The van der Waals surface area contributed by atoms with Crippen molar-refractivity contribution in [2.24, 2.45) is 5.92 Å². The van der Waals surface area contributed by atoms with Gasteiger partial charge in [-0.05, 0) is 55.8 Å². The molecule has 1 atom stereocenters. The Morgan fingerprint density at radius 3 is 2.44 bits per heavy atom. The van der Waals surface area contributed by atoms with E-state index < -0.39 is 12.0 Å². The number of piperidine rings is 1. The zero-order valence-corrected chi connectivity index (χ0v) is 16.0. The smallest absolute Gasteiger partial charge is 0.325 e. The van der Waals surface area contributed by atoms with Crippen molar-refractivity contribution in [3.63, 3.8) is 0 Å². The number of benzene rings is 1. The van der Waals surface area contributed by atoms with Crippen LogP contribution in [-0.4, -0.2) is 47.5 Å². The molecule has 27 heavy (non-hydrogen) atoms. The molecule has 0 radical (unpaired) electrons. The van der Waals surface area contributed by atoms with Crippen LogP contribution in [0.4, 0.5) is 4.79 Å². The van der Waals surface area contributed by atoms with Crippen molar-refractivity contribution in [1.82, 2.24) is 15.5 Å². The van der Waals surface area contributed by atoms with E-state index in [1.165, 1.54) is 4.90 Å². The number of urea groups is 1. The fraction of sp³-hybridized carbons (Fsp3) is 0.526. The minimum Gasteiger partial charge on any atom is -0.481 e. The summed E-state index contributed by atoms with van der Waals surface area (Å²) in [6.07, 6.45) is 3.54. The summed E-state index contributed by atoms with van der Waals surface area (Å²) in [5.41, 5.74) is 1.63. The quantitative estimate of drug-likeness (QED) is 0.614. The van der Waals surface area contributed by atoms with E-state index in [0.29, 0.717) is 18.9 Å². The molecule has 8 heteroatoms. The fourth-order valence-corrected chi connectivity index (χ4v) is 3.57. The van der Waals surface area contributed by atoms with Crippen LogP contribution in [0.15, 0.2) is 24.3 Å². The van der Waals surface area contributed by atoms with Gasteiger partial charge in [0, 0.05) is 13.0 Å². The summed E-state index contributed by atoms with van der Waals surface area (Å²) in [6, 6.07) is 6.23. The first-order valence-electron chi connectivity index (χ1n) is 9.18. The summed E-state index contributed by atoms with van der Waals surface area (Å²) in [5.74, 6) is -0.483. The number of hydrogen-bond acceptors (Lipinski definition) is 4. The molecule has 1 aromatic carbocycles. The first-order chi connectivity index (χ1) is 12.5. The summed E-state index contributed by atoms with van der Waals surface area (Å²) < 4.78 is 0. The predicted molar refractivity (Wildman–Crippen MR) is 103 cm³/mol. The van der Waals surface area contributed by atoms with Gasteiger partial charge in [0.15, 0.2) is 0 Å². The molecule has 2 heterocycles. The Morgan fingerprint density at radius 2 is 1.81 bits per heavy atom. The van der Waals surface area contributed by atoms with Crippen LogP contribution in [0.3, 0.4) is 0 Å². The van der Waals surface area contributed by atoms with E-state index in [9.17, 15) is 14.4 Å². The Kier molecular flexibility index (Phi) is 7.62. The van der Waals surface area contributed by atoms with Crippen molar-refractivity contribution >= 4 is 30.3 Å². The Morgan fingerprint density at radius 1 is 1.15 bits per heavy atom. The summed E-state index contributed by atoms with van der Waals surface area (Å²) in [6.45, 7) is 2.46. The highest BCUT2D eigenvalue weighted by Gasteiger charge is 2.38. The second-order valence-corrected chi connectivity index (χ2v) is 6.99. The van der Waals surface area contributed by atoms with Gasteiger partial charge < -0.3 is 15.7 Å². The molecule has 2 saturated heterocycles. The van der Waals surface area contributed by atoms with Gasteiger partial charge in [0.25, 0.3) is 5.91 Å². The van der Waals surface area contributed by atoms with Crippen LogP contribution >= 0.6 is 12.4 Å². The molecule has 3 amide bonds. The zero-order chi connectivity index (χ0) is 18.5. The average molecular weight is 396 g/mol. The summed E-state index contributed by atoms with van der Waals surface area (Å²) >= 11 is 0. The monoisotopic (exact) mass is 395 g/mol. The van der Waals surface area contributed by atoms with E-state index in [1.807, 2.05) is 12.1 Å². The molecule has 0 aromatic heterocycles. The maximum atomic E-state index is 12.6. The number of rotatable bonds is 7. The molecule has 0 spiro atoms. The molecule has 0 aliphatic carbocycles. The minimum atomic E-state index is -0.836.